The van der Waals surface area contributed by atoms with Gasteiger partial charge in [0.2, 0.25) is 0 Å². The van der Waals surface area contributed by atoms with E-state index in [1.54, 1.807) is 13.0 Å². The molecule has 0 fully saturated rings. The van der Waals surface area contributed by atoms with Crippen molar-refractivity contribution in [3.8, 4) is 0 Å². The molecule has 0 amide bonds. The second-order valence-corrected chi connectivity index (χ2v) is 3.34. The van der Waals surface area contributed by atoms with Gasteiger partial charge in [-0.25, -0.2) is 4.39 Å². The molecular weight excluding hydrogens is 179 g/mol. The number of halogens is 1. The topological polar surface area (TPSA) is 38.4 Å². The van der Waals surface area contributed by atoms with Crippen LogP contribution in [-0.2, 0) is 6.42 Å². The second kappa shape index (κ2) is 4.74. The Balaban J connectivity index is 2.64. The third-order valence-electron chi connectivity index (χ3n) is 2.05. The number of rotatable bonds is 3. The summed E-state index contributed by atoms with van der Waals surface area (Å²) in [6, 6.07) is 4.81. The number of hydrogen-bond acceptors (Lipinski definition) is 1. The van der Waals surface area contributed by atoms with Crippen LogP contribution in [0, 0.1) is 12.7 Å². The van der Waals surface area contributed by atoms with Crippen molar-refractivity contribution in [2.45, 2.75) is 20.3 Å². The highest BCUT2D eigenvalue weighted by Gasteiger charge is 1.98. The highest BCUT2D eigenvalue weighted by atomic mass is 19.1. The van der Waals surface area contributed by atoms with E-state index in [4.69, 9.17) is 5.73 Å². The van der Waals surface area contributed by atoms with E-state index in [0.717, 1.165) is 17.5 Å². The zero-order valence-electron chi connectivity index (χ0n) is 8.55. The van der Waals surface area contributed by atoms with Crippen LogP contribution in [0.5, 0.6) is 0 Å². The molecule has 14 heavy (non-hydrogen) atoms. The molecule has 1 aromatic rings. The fraction of sp³-hybridized carbons (Fsp3) is 0.364. The van der Waals surface area contributed by atoms with Crippen LogP contribution in [0.4, 0.5) is 4.39 Å². The molecule has 0 spiro atoms. The first-order valence-corrected chi connectivity index (χ1v) is 4.61. The monoisotopic (exact) mass is 194 g/mol. The molecule has 0 radical (unpaired) electrons. The Morgan fingerprint density at radius 1 is 1.50 bits per heavy atom. The van der Waals surface area contributed by atoms with Crippen LogP contribution in [0.1, 0.15) is 18.1 Å². The van der Waals surface area contributed by atoms with Crippen LogP contribution in [0.3, 0.4) is 0 Å². The molecule has 0 aliphatic carbocycles. The molecule has 0 unspecified atom stereocenters. The van der Waals surface area contributed by atoms with Crippen LogP contribution in [0.15, 0.2) is 23.2 Å². The summed E-state index contributed by atoms with van der Waals surface area (Å²) in [5.41, 5.74) is 7.50. The van der Waals surface area contributed by atoms with Gasteiger partial charge in [0.1, 0.15) is 5.82 Å². The number of hydrogen-bond donors (Lipinski definition) is 1. The minimum atomic E-state index is -0.190. The van der Waals surface area contributed by atoms with E-state index >= 15 is 0 Å². The van der Waals surface area contributed by atoms with E-state index in [1.165, 1.54) is 12.1 Å². The maximum atomic E-state index is 12.8. The molecule has 1 aromatic carbocycles. The van der Waals surface area contributed by atoms with Crippen LogP contribution in [0.2, 0.25) is 0 Å². The SMILES string of the molecule is CC(N)=NCCc1ccc(F)cc1C. The highest BCUT2D eigenvalue weighted by Crippen LogP contribution is 2.10. The zero-order valence-corrected chi connectivity index (χ0v) is 8.55. The molecule has 0 atom stereocenters. The Kier molecular flexibility index (Phi) is 3.63. The van der Waals surface area contributed by atoms with Gasteiger partial charge in [-0.05, 0) is 43.5 Å². The molecule has 76 valence electrons. The van der Waals surface area contributed by atoms with E-state index in [0.29, 0.717) is 12.4 Å². The number of amidine groups is 1. The highest BCUT2D eigenvalue weighted by molar-refractivity contribution is 5.77. The van der Waals surface area contributed by atoms with Gasteiger partial charge in [-0.2, -0.15) is 0 Å². The summed E-state index contributed by atoms with van der Waals surface area (Å²) in [5.74, 6) is 0.398. The quantitative estimate of drug-likeness (QED) is 0.580. The molecule has 0 heterocycles. The van der Waals surface area contributed by atoms with Crippen LogP contribution < -0.4 is 5.73 Å². The first kappa shape index (κ1) is 10.7. The van der Waals surface area contributed by atoms with Gasteiger partial charge in [0.05, 0.1) is 5.84 Å². The van der Waals surface area contributed by atoms with E-state index in [-0.39, 0.29) is 5.82 Å². The maximum absolute atomic E-state index is 12.8. The Morgan fingerprint density at radius 2 is 2.21 bits per heavy atom. The van der Waals surface area contributed by atoms with Crippen LogP contribution in [-0.4, -0.2) is 12.4 Å². The largest absolute Gasteiger partial charge is 0.388 e. The third kappa shape index (κ3) is 3.17. The first-order valence-electron chi connectivity index (χ1n) is 4.61. The summed E-state index contributed by atoms with van der Waals surface area (Å²) >= 11 is 0. The Hall–Kier alpha value is -1.38. The molecule has 2 nitrogen and oxygen atoms in total. The lowest BCUT2D eigenvalue weighted by atomic mass is 10.1. The zero-order chi connectivity index (χ0) is 10.6. The van der Waals surface area contributed by atoms with Crippen molar-refractivity contribution < 1.29 is 4.39 Å². The average molecular weight is 194 g/mol. The van der Waals surface area contributed by atoms with Gasteiger partial charge in [-0.3, -0.25) is 4.99 Å². The number of benzene rings is 1. The van der Waals surface area contributed by atoms with Gasteiger partial charge in [-0.15, -0.1) is 0 Å². The standard InChI is InChI=1S/C11H15FN2/c1-8-7-11(12)4-3-10(8)5-6-14-9(2)13/h3-4,7H,5-6H2,1-2H3,(H2,13,14). The van der Waals surface area contributed by atoms with Crippen molar-refractivity contribution in [2.75, 3.05) is 6.54 Å². The lowest BCUT2D eigenvalue weighted by Crippen LogP contribution is -2.07. The summed E-state index contributed by atoms with van der Waals surface area (Å²) in [5, 5.41) is 0. The fourth-order valence-electron chi connectivity index (χ4n) is 1.29. The molecule has 0 aliphatic rings. The van der Waals surface area contributed by atoms with E-state index < -0.39 is 0 Å². The van der Waals surface area contributed by atoms with E-state index in [9.17, 15) is 4.39 Å². The molecule has 0 aromatic heterocycles. The van der Waals surface area contributed by atoms with Crippen molar-refractivity contribution in [1.29, 1.82) is 0 Å². The van der Waals surface area contributed by atoms with Gasteiger partial charge in [0, 0.05) is 6.54 Å². The Labute approximate surface area is 83.7 Å². The maximum Gasteiger partial charge on any atom is 0.123 e. The number of nitrogens with two attached hydrogens (primary N) is 1. The second-order valence-electron chi connectivity index (χ2n) is 3.34. The summed E-state index contributed by atoms with van der Waals surface area (Å²) < 4.78 is 12.8. The van der Waals surface area contributed by atoms with Crippen molar-refractivity contribution in [1.82, 2.24) is 0 Å². The minimum Gasteiger partial charge on any atom is -0.388 e. The van der Waals surface area contributed by atoms with Gasteiger partial charge >= 0.3 is 0 Å². The molecule has 0 bridgehead atoms. The van der Waals surface area contributed by atoms with Gasteiger partial charge in [-0.1, -0.05) is 6.07 Å². The van der Waals surface area contributed by atoms with Gasteiger partial charge in [0.15, 0.2) is 0 Å². The molecular formula is C11H15FN2. The summed E-state index contributed by atoms with van der Waals surface area (Å²) in [6.45, 7) is 4.32. The van der Waals surface area contributed by atoms with Gasteiger partial charge < -0.3 is 5.73 Å². The van der Waals surface area contributed by atoms with Crippen molar-refractivity contribution in [3.05, 3.63) is 35.1 Å². The molecule has 2 N–H and O–H groups in total. The fourth-order valence-corrected chi connectivity index (χ4v) is 1.29. The Bertz CT molecular complexity index is 341. The molecule has 1 rings (SSSR count). The molecule has 0 saturated carbocycles. The number of nitrogens with zero attached hydrogens (tertiary/aromatic N) is 1. The van der Waals surface area contributed by atoms with Crippen molar-refractivity contribution in [3.63, 3.8) is 0 Å². The molecule has 3 heteroatoms. The summed E-state index contributed by atoms with van der Waals surface area (Å²) in [7, 11) is 0. The summed E-state index contributed by atoms with van der Waals surface area (Å²) in [4.78, 5) is 4.08. The normalized spacial score (nSPS) is 11.8. The minimum absolute atomic E-state index is 0.190. The van der Waals surface area contributed by atoms with E-state index in [1.807, 2.05) is 6.92 Å². The number of aryl methyl sites for hydroxylation is 1. The smallest absolute Gasteiger partial charge is 0.123 e. The predicted molar refractivity (Wildman–Crippen MR) is 57.0 cm³/mol. The van der Waals surface area contributed by atoms with E-state index in [2.05, 4.69) is 4.99 Å². The third-order valence-corrected chi connectivity index (χ3v) is 2.05. The number of aliphatic imine (C=N–C) groups is 1. The van der Waals surface area contributed by atoms with Crippen LogP contribution in [0.25, 0.3) is 0 Å². The lowest BCUT2D eigenvalue weighted by molar-refractivity contribution is 0.625. The lowest BCUT2D eigenvalue weighted by Gasteiger charge is -2.03. The van der Waals surface area contributed by atoms with Crippen molar-refractivity contribution in [2.24, 2.45) is 10.7 Å². The first-order chi connectivity index (χ1) is 6.59. The Morgan fingerprint density at radius 3 is 2.79 bits per heavy atom. The average Bonchev–Trinajstić information content (AvgIpc) is 2.08. The van der Waals surface area contributed by atoms with Crippen LogP contribution >= 0.6 is 0 Å². The van der Waals surface area contributed by atoms with Crippen molar-refractivity contribution >= 4 is 5.84 Å². The van der Waals surface area contributed by atoms with Gasteiger partial charge in [0.25, 0.3) is 0 Å². The predicted octanol–water partition coefficient (Wildman–Crippen LogP) is 2.05. The molecule has 0 aliphatic heterocycles. The summed E-state index contributed by atoms with van der Waals surface area (Å²) in [6.07, 6.45) is 0.806. The molecule has 0 saturated heterocycles.